The van der Waals surface area contributed by atoms with Crippen molar-refractivity contribution in [2.45, 2.75) is 64.5 Å². The predicted octanol–water partition coefficient (Wildman–Crippen LogP) is 4.19. The third kappa shape index (κ3) is 5.17. The summed E-state index contributed by atoms with van der Waals surface area (Å²) in [4.78, 5) is 15.2. The summed E-state index contributed by atoms with van der Waals surface area (Å²) in [5.74, 6) is 7.89. The molecule has 1 aliphatic heterocycles. The van der Waals surface area contributed by atoms with E-state index in [0.717, 1.165) is 25.7 Å². The van der Waals surface area contributed by atoms with Gasteiger partial charge in [-0.15, -0.1) is 0 Å². The molecule has 1 aliphatic carbocycles. The number of carbonyl (C=O) groups excluding carboxylic acids is 1. The first-order chi connectivity index (χ1) is 14.7. The third-order valence-corrected chi connectivity index (χ3v) is 7.11. The first-order valence-corrected chi connectivity index (χ1v) is 11.3. The summed E-state index contributed by atoms with van der Waals surface area (Å²) < 4.78 is 5.27. The van der Waals surface area contributed by atoms with E-state index in [1.54, 1.807) is 26.0 Å². The zero-order valence-electron chi connectivity index (χ0n) is 18.7. The molecule has 5 nitrogen and oxygen atoms in total. The van der Waals surface area contributed by atoms with Crippen LogP contribution in [0.5, 0.6) is 5.75 Å². The van der Waals surface area contributed by atoms with Crippen molar-refractivity contribution >= 4 is 17.5 Å². The van der Waals surface area contributed by atoms with Crippen molar-refractivity contribution in [3.8, 4) is 23.7 Å². The van der Waals surface area contributed by atoms with Gasteiger partial charge in [0.15, 0.2) is 0 Å². The van der Waals surface area contributed by atoms with Crippen molar-refractivity contribution in [1.29, 1.82) is 5.26 Å². The van der Waals surface area contributed by atoms with Crippen LogP contribution in [-0.4, -0.2) is 41.2 Å². The van der Waals surface area contributed by atoms with E-state index >= 15 is 0 Å². The molecule has 0 unspecified atom stereocenters. The van der Waals surface area contributed by atoms with Gasteiger partial charge in [0.2, 0.25) is 5.91 Å². The van der Waals surface area contributed by atoms with E-state index in [1.165, 1.54) is 7.11 Å². The lowest BCUT2D eigenvalue weighted by Gasteiger charge is -2.48. The highest BCUT2D eigenvalue weighted by Crippen LogP contribution is 2.43. The maximum absolute atomic E-state index is 13.3. The maximum atomic E-state index is 13.3. The Bertz CT molecular complexity index is 935. The van der Waals surface area contributed by atoms with E-state index in [1.807, 2.05) is 4.90 Å². The lowest BCUT2D eigenvalue weighted by atomic mass is 9.66. The van der Waals surface area contributed by atoms with Gasteiger partial charge in [0.25, 0.3) is 0 Å². The second-order valence-electron chi connectivity index (χ2n) is 9.21. The number of hydrogen-bond acceptors (Lipinski definition) is 4. The van der Waals surface area contributed by atoms with Crippen LogP contribution in [0.3, 0.4) is 0 Å². The smallest absolute Gasteiger partial charge is 0.227 e. The van der Waals surface area contributed by atoms with Crippen molar-refractivity contribution in [3.05, 3.63) is 28.3 Å². The van der Waals surface area contributed by atoms with Crippen molar-refractivity contribution in [3.63, 3.8) is 0 Å². The number of amides is 1. The van der Waals surface area contributed by atoms with Gasteiger partial charge in [-0.3, -0.25) is 4.79 Å². The Morgan fingerprint density at radius 1 is 1.32 bits per heavy atom. The first-order valence-electron chi connectivity index (χ1n) is 11.0. The average molecular weight is 443 g/mol. The molecule has 0 aromatic heterocycles. The molecule has 31 heavy (non-hydrogen) atoms. The topological polar surface area (TPSA) is 73.6 Å². The second-order valence-corrected chi connectivity index (χ2v) is 9.58. The molecule has 166 valence electrons. The minimum atomic E-state index is -0.982. The highest BCUT2D eigenvalue weighted by Gasteiger charge is 2.42. The van der Waals surface area contributed by atoms with Crippen LogP contribution in [0.4, 0.5) is 0 Å². The first kappa shape index (κ1) is 23.5. The van der Waals surface area contributed by atoms with Crippen LogP contribution in [0, 0.1) is 40.9 Å². The van der Waals surface area contributed by atoms with Crippen molar-refractivity contribution in [1.82, 2.24) is 4.90 Å². The van der Waals surface area contributed by atoms with Gasteiger partial charge in [-0.2, -0.15) is 5.26 Å². The number of likely N-dealkylation sites (tertiary alicyclic amines) is 1. The number of hydrogen-bond donors (Lipinski definition) is 1. The molecule has 1 N–H and O–H groups in total. The average Bonchev–Trinajstić information content (AvgIpc) is 2.73. The standard InChI is InChI=1S/C25H31ClN2O3/c1-16-19-7-5-6-17(10-12-25(2,3)30)20(19)11-13-28(16)23(29)14-21-18(15-27)8-9-22(31-4)24(21)26/h8-9,16-17,19-20,30H,5-7,11,13-14H2,1-4H3/t16-,17-,19+,20-/m0/s1. The van der Waals surface area contributed by atoms with Crippen LogP contribution in [0.1, 0.15) is 57.6 Å². The molecule has 6 heteroatoms. The normalized spacial score (nSPS) is 25.6. The molecule has 3 rings (SSSR count). The minimum absolute atomic E-state index is 0.0118. The van der Waals surface area contributed by atoms with Crippen LogP contribution in [0.25, 0.3) is 0 Å². The largest absolute Gasteiger partial charge is 0.495 e. The van der Waals surface area contributed by atoms with Crippen molar-refractivity contribution < 1.29 is 14.6 Å². The number of aliphatic hydroxyl groups is 1. The fourth-order valence-corrected chi connectivity index (χ4v) is 5.43. The zero-order valence-corrected chi connectivity index (χ0v) is 19.5. The number of fused-ring (bicyclic) bond motifs is 1. The van der Waals surface area contributed by atoms with E-state index in [0.29, 0.717) is 40.3 Å². The Morgan fingerprint density at radius 3 is 2.71 bits per heavy atom. The highest BCUT2D eigenvalue weighted by molar-refractivity contribution is 6.33. The quantitative estimate of drug-likeness (QED) is 0.712. The molecular formula is C25H31ClN2O3. The van der Waals surface area contributed by atoms with Gasteiger partial charge in [-0.1, -0.05) is 29.9 Å². The lowest BCUT2D eigenvalue weighted by molar-refractivity contribution is -0.137. The predicted molar refractivity (Wildman–Crippen MR) is 121 cm³/mol. The summed E-state index contributed by atoms with van der Waals surface area (Å²) in [5.41, 5.74) is -0.0503. The Labute approximate surface area is 190 Å². The van der Waals surface area contributed by atoms with Crippen LogP contribution >= 0.6 is 11.6 Å². The molecule has 2 fully saturated rings. The van der Waals surface area contributed by atoms with Crippen LogP contribution < -0.4 is 4.74 Å². The van der Waals surface area contributed by atoms with Gasteiger partial charge >= 0.3 is 0 Å². The number of piperidine rings is 1. The van der Waals surface area contributed by atoms with E-state index in [9.17, 15) is 15.2 Å². The molecule has 1 amide bonds. The van der Waals surface area contributed by atoms with E-state index < -0.39 is 5.60 Å². The fourth-order valence-electron chi connectivity index (χ4n) is 5.13. The summed E-state index contributed by atoms with van der Waals surface area (Å²) in [6.07, 6.45) is 4.21. The van der Waals surface area contributed by atoms with Gasteiger partial charge in [0.05, 0.1) is 30.2 Å². The number of halogens is 1. The van der Waals surface area contributed by atoms with Gasteiger partial charge in [0.1, 0.15) is 11.4 Å². The summed E-state index contributed by atoms with van der Waals surface area (Å²) in [7, 11) is 1.52. The number of carbonyl (C=O) groups is 1. The van der Waals surface area contributed by atoms with E-state index in [4.69, 9.17) is 16.3 Å². The Morgan fingerprint density at radius 2 is 2.06 bits per heavy atom. The maximum Gasteiger partial charge on any atom is 0.227 e. The van der Waals surface area contributed by atoms with Crippen LogP contribution in [0.2, 0.25) is 5.02 Å². The number of methoxy groups -OCH3 is 1. The SMILES string of the molecule is COc1ccc(C#N)c(CC(=O)N2CC[C@@H]3[C@H](CCC[C@H]3C#CC(C)(C)O)[C@@H]2C)c1Cl. The molecule has 1 aromatic carbocycles. The van der Waals surface area contributed by atoms with Gasteiger partial charge in [0, 0.05) is 24.1 Å². The Kier molecular flexibility index (Phi) is 7.20. The number of nitrogens with zero attached hydrogens (tertiary/aromatic N) is 2. The monoisotopic (exact) mass is 442 g/mol. The van der Waals surface area contributed by atoms with Gasteiger partial charge in [-0.25, -0.2) is 0 Å². The van der Waals surface area contributed by atoms with E-state index in [2.05, 4.69) is 24.8 Å². The van der Waals surface area contributed by atoms with Crippen molar-refractivity contribution in [2.75, 3.05) is 13.7 Å². The van der Waals surface area contributed by atoms with Gasteiger partial charge < -0.3 is 14.7 Å². The molecule has 4 atom stereocenters. The third-order valence-electron chi connectivity index (χ3n) is 6.69. The number of nitriles is 1. The summed E-state index contributed by atoms with van der Waals surface area (Å²) in [5, 5.41) is 19.8. The van der Waals surface area contributed by atoms with E-state index in [-0.39, 0.29) is 24.3 Å². The molecule has 0 spiro atoms. The molecule has 0 radical (unpaired) electrons. The van der Waals surface area contributed by atoms with Crippen LogP contribution in [-0.2, 0) is 11.2 Å². The second kappa shape index (κ2) is 9.51. The highest BCUT2D eigenvalue weighted by atomic mass is 35.5. The molecule has 2 aliphatic rings. The number of benzene rings is 1. The van der Waals surface area contributed by atoms with Gasteiger partial charge in [-0.05, 0) is 64.0 Å². The molecule has 1 saturated carbocycles. The molecule has 0 bridgehead atoms. The minimum Gasteiger partial charge on any atom is -0.495 e. The number of ether oxygens (including phenoxy) is 1. The Balaban J connectivity index is 1.77. The lowest BCUT2D eigenvalue weighted by Crippen LogP contribution is -2.53. The summed E-state index contributed by atoms with van der Waals surface area (Å²) in [6, 6.07) is 5.54. The molecule has 1 saturated heterocycles. The van der Waals surface area contributed by atoms with Crippen molar-refractivity contribution in [2.24, 2.45) is 17.8 Å². The summed E-state index contributed by atoms with van der Waals surface area (Å²) >= 11 is 6.43. The molecule has 1 aromatic rings. The zero-order chi connectivity index (χ0) is 22.8. The fraction of sp³-hybridized carbons (Fsp3) is 0.600. The molecule has 1 heterocycles. The molecular weight excluding hydrogens is 412 g/mol. The number of rotatable bonds is 3. The Hall–Kier alpha value is -2.21. The summed E-state index contributed by atoms with van der Waals surface area (Å²) in [6.45, 7) is 6.22. The van der Waals surface area contributed by atoms with Crippen LogP contribution in [0.15, 0.2) is 12.1 Å².